The van der Waals surface area contributed by atoms with Gasteiger partial charge in [0.15, 0.2) is 0 Å². The van der Waals surface area contributed by atoms with Crippen LogP contribution >= 0.6 is 0 Å². The number of alkyl halides is 2. The standard InChI is InChI=1S/C9H10F2O6S/c10-9(11,8(12)13)16-6-3-1-4-5(2-3)18(14,15)17-7(4)6/h3-7H,1-2H2,(H,12,13)/p-1. The van der Waals surface area contributed by atoms with E-state index in [0.29, 0.717) is 6.42 Å². The summed E-state index contributed by atoms with van der Waals surface area (Å²) in [4.78, 5) is 10.2. The normalized spacial score (nSPS) is 44.4. The van der Waals surface area contributed by atoms with Gasteiger partial charge in [-0.3, -0.25) is 4.18 Å². The molecule has 0 spiro atoms. The summed E-state index contributed by atoms with van der Waals surface area (Å²) in [6.45, 7) is 0. The lowest BCUT2D eigenvalue weighted by Gasteiger charge is -2.29. The van der Waals surface area contributed by atoms with Crippen LogP contribution in [0.1, 0.15) is 12.8 Å². The monoisotopic (exact) mass is 283 g/mol. The van der Waals surface area contributed by atoms with Crippen molar-refractivity contribution in [2.75, 3.05) is 0 Å². The smallest absolute Gasteiger partial charge is 0.397 e. The molecule has 1 saturated heterocycles. The van der Waals surface area contributed by atoms with E-state index in [1.165, 1.54) is 0 Å². The first kappa shape index (κ1) is 12.2. The maximum absolute atomic E-state index is 12.9. The van der Waals surface area contributed by atoms with Gasteiger partial charge in [-0.2, -0.15) is 17.2 Å². The molecular weight excluding hydrogens is 274 g/mol. The Morgan fingerprint density at radius 3 is 2.67 bits per heavy atom. The van der Waals surface area contributed by atoms with Gasteiger partial charge >= 0.3 is 6.11 Å². The third kappa shape index (κ3) is 1.50. The zero-order valence-electron chi connectivity index (χ0n) is 8.91. The number of fused-ring (bicyclic) bond motifs is 1. The minimum absolute atomic E-state index is 0.178. The van der Waals surface area contributed by atoms with E-state index in [9.17, 15) is 27.1 Å². The molecule has 3 fully saturated rings. The van der Waals surface area contributed by atoms with Crippen LogP contribution in [-0.4, -0.2) is 38.0 Å². The highest BCUT2D eigenvalue weighted by atomic mass is 32.2. The molecule has 3 aliphatic rings. The highest BCUT2D eigenvalue weighted by Gasteiger charge is 2.65. The Labute approximate surface area is 101 Å². The minimum Gasteiger partial charge on any atom is -0.542 e. The second-order valence-electron chi connectivity index (χ2n) is 4.87. The van der Waals surface area contributed by atoms with Crippen LogP contribution in [0.25, 0.3) is 0 Å². The Morgan fingerprint density at radius 2 is 2.06 bits per heavy atom. The summed E-state index contributed by atoms with van der Waals surface area (Å²) < 4.78 is 58.0. The summed E-state index contributed by atoms with van der Waals surface area (Å²) in [5.41, 5.74) is 0. The molecule has 2 bridgehead atoms. The molecule has 1 heterocycles. The maximum atomic E-state index is 12.9. The number of rotatable bonds is 3. The van der Waals surface area contributed by atoms with Crippen LogP contribution in [0.3, 0.4) is 0 Å². The predicted octanol–water partition coefficient (Wildman–Crippen LogP) is -1.15. The van der Waals surface area contributed by atoms with Crippen molar-refractivity contribution >= 4 is 16.1 Å². The number of hydrogen-bond donors (Lipinski definition) is 0. The number of carboxylic acid groups (broad SMARTS) is 1. The molecule has 0 aromatic heterocycles. The molecule has 5 atom stereocenters. The third-order valence-electron chi connectivity index (χ3n) is 3.94. The molecule has 0 aromatic rings. The van der Waals surface area contributed by atoms with Gasteiger partial charge in [0.25, 0.3) is 10.1 Å². The lowest BCUT2D eigenvalue weighted by Crippen LogP contribution is -2.49. The molecular formula is C9H9F2O6S-. The van der Waals surface area contributed by atoms with Gasteiger partial charge in [0.05, 0.1) is 11.4 Å². The Balaban J connectivity index is 1.84. The Hall–Kier alpha value is -0.800. The molecule has 0 radical (unpaired) electrons. The molecule has 5 unspecified atom stereocenters. The number of aliphatic carboxylic acids is 1. The number of carbonyl (C=O) groups is 1. The molecule has 6 nitrogen and oxygen atoms in total. The van der Waals surface area contributed by atoms with Crippen LogP contribution in [-0.2, 0) is 23.8 Å². The first-order valence-electron chi connectivity index (χ1n) is 5.41. The van der Waals surface area contributed by atoms with Crippen molar-refractivity contribution in [3.63, 3.8) is 0 Å². The SMILES string of the molecule is O=C([O-])C(F)(F)OC1C2CC3C1OS(=O)(=O)C3C2. The highest BCUT2D eigenvalue weighted by molar-refractivity contribution is 7.87. The molecule has 0 amide bonds. The summed E-state index contributed by atoms with van der Waals surface area (Å²) in [6, 6.07) is 0. The molecule has 2 saturated carbocycles. The third-order valence-corrected chi connectivity index (χ3v) is 5.71. The number of carbonyl (C=O) groups excluding carboxylic acids is 1. The van der Waals surface area contributed by atoms with Gasteiger partial charge in [-0.15, -0.1) is 0 Å². The largest absolute Gasteiger partial charge is 0.542 e. The molecule has 0 aromatic carbocycles. The summed E-state index contributed by atoms with van der Waals surface area (Å²) in [6.07, 6.45) is -6.06. The topological polar surface area (TPSA) is 92.7 Å². The average molecular weight is 283 g/mol. The van der Waals surface area contributed by atoms with E-state index in [0.717, 1.165) is 0 Å². The zero-order valence-corrected chi connectivity index (χ0v) is 9.73. The summed E-state index contributed by atoms with van der Waals surface area (Å²) in [7, 11) is -3.73. The molecule has 18 heavy (non-hydrogen) atoms. The quantitative estimate of drug-likeness (QED) is 0.607. The number of halogens is 2. The van der Waals surface area contributed by atoms with Crippen LogP contribution < -0.4 is 5.11 Å². The first-order chi connectivity index (χ1) is 8.22. The predicted molar refractivity (Wildman–Crippen MR) is 48.6 cm³/mol. The van der Waals surface area contributed by atoms with E-state index in [1.807, 2.05) is 0 Å². The first-order valence-corrected chi connectivity index (χ1v) is 6.89. The molecule has 1 aliphatic heterocycles. The Bertz CT molecular complexity index is 503. The Morgan fingerprint density at radius 1 is 1.39 bits per heavy atom. The van der Waals surface area contributed by atoms with E-state index in [1.54, 1.807) is 0 Å². The molecule has 102 valence electrons. The van der Waals surface area contributed by atoms with Gasteiger partial charge < -0.3 is 14.6 Å². The maximum Gasteiger partial charge on any atom is 0.397 e. The molecule has 3 rings (SSSR count). The number of carboxylic acids is 1. The van der Waals surface area contributed by atoms with Crippen molar-refractivity contribution in [2.45, 2.75) is 36.4 Å². The molecule has 2 aliphatic carbocycles. The molecule has 9 heteroatoms. The summed E-state index contributed by atoms with van der Waals surface area (Å²) in [5, 5.41) is 9.54. The number of hydrogen-bond acceptors (Lipinski definition) is 6. The van der Waals surface area contributed by atoms with Crippen LogP contribution in [0, 0.1) is 11.8 Å². The van der Waals surface area contributed by atoms with E-state index in [4.69, 9.17) is 4.18 Å². The van der Waals surface area contributed by atoms with Crippen molar-refractivity contribution in [1.29, 1.82) is 0 Å². The van der Waals surface area contributed by atoms with Crippen LogP contribution in [0.5, 0.6) is 0 Å². The second kappa shape index (κ2) is 3.40. The van der Waals surface area contributed by atoms with Gasteiger partial charge in [-0.05, 0) is 18.8 Å². The summed E-state index contributed by atoms with van der Waals surface area (Å²) >= 11 is 0. The molecule has 0 N–H and O–H groups in total. The van der Waals surface area contributed by atoms with E-state index in [2.05, 4.69) is 4.74 Å². The van der Waals surface area contributed by atoms with Crippen molar-refractivity contribution in [1.82, 2.24) is 0 Å². The van der Waals surface area contributed by atoms with Gasteiger partial charge in [-0.25, -0.2) is 0 Å². The van der Waals surface area contributed by atoms with E-state index >= 15 is 0 Å². The van der Waals surface area contributed by atoms with Gasteiger partial charge in [0, 0.05) is 5.92 Å². The Kier molecular flexibility index (Phi) is 2.31. The van der Waals surface area contributed by atoms with Crippen LogP contribution in [0.15, 0.2) is 0 Å². The van der Waals surface area contributed by atoms with E-state index in [-0.39, 0.29) is 12.3 Å². The minimum atomic E-state index is -4.43. The fraction of sp³-hybridized carbons (Fsp3) is 0.889. The second-order valence-corrected chi connectivity index (χ2v) is 6.66. The number of ether oxygens (including phenoxy) is 1. The zero-order chi connectivity index (χ0) is 13.3. The van der Waals surface area contributed by atoms with Gasteiger partial charge in [0.2, 0.25) is 0 Å². The lowest BCUT2D eigenvalue weighted by molar-refractivity contribution is -0.372. The fourth-order valence-corrected chi connectivity index (χ4v) is 5.14. The van der Waals surface area contributed by atoms with Gasteiger partial charge in [-0.1, -0.05) is 0 Å². The van der Waals surface area contributed by atoms with Crippen molar-refractivity contribution in [3.8, 4) is 0 Å². The van der Waals surface area contributed by atoms with E-state index < -0.39 is 45.6 Å². The fourth-order valence-electron chi connectivity index (χ4n) is 3.26. The highest BCUT2D eigenvalue weighted by Crippen LogP contribution is 2.56. The van der Waals surface area contributed by atoms with Crippen LogP contribution in [0.2, 0.25) is 0 Å². The van der Waals surface area contributed by atoms with Crippen molar-refractivity contribution < 1.29 is 36.0 Å². The van der Waals surface area contributed by atoms with Crippen molar-refractivity contribution in [3.05, 3.63) is 0 Å². The summed E-state index contributed by atoms with van der Waals surface area (Å²) in [5.74, 6) is -3.42. The van der Waals surface area contributed by atoms with Gasteiger partial charge in [0.1, 0.15) is 12.1 Å². The van der Waals surface area contributed by atoms with Crippen molar-refractivity contribution in [2.24, 2.45) is 11.8 Å². The average Bonchev–Trinajstić information content (AvgIpc) is 2.81. The van der Waals surface area contributed by atoms with Crippen LogP contribution in [0.4, 0.5) is 8.78 Å². The lowest BCUT2D eigenvalue weighted by atomic mass is 9.94.